The third kappa shape index (κ3) is 4.72. The van der Waals surface area contributed by atoms with Crippen molar-refractivity contribution in [3.05, 3.63) is 83.3 Å². The van der Waals surface area contributed by atoms with Crippen LogP contribution in [0.25, 0.3) is 22.3 Å². The number of alkyl halides is 3. The Hall–Kier alpha value is -4.23. The summed E-state index contributed by atoms with van der Waals surface area (Å²) in [5, 5.41) is 17.3. The number of H-pyrrole nitrogens is 1. The largest absolute Gasteiger partial charge is 0.490 e. The summed E-state index contributed by atoms with van der Waals surface area (Å²) in [6.07, 6.45) is 0.126. The number of carboxylic acids is 1. The molecule has 0 aliphatic heterocycles. The molecule has 1 aliphatic carbocycles. The van der Waals surface area contributed by atoms with Gasteiger partial charge in [0.25, 0.3) is 0 Å². The third-order valence-corrected chi connectivity index (χ3v) is 6.13. The number of fused-ring (bicyclic) bond motifs is 2. The zero-order valence-electron chi connectivity index (χ0n) is 18.3. The number of halogens is 3. The first-order valence-electron chi connectivity index (χ1n) is 10.6. The number of rotatable bonds is 3. The number of aliphatic carboxylic acids is 1. The number of hydrogen-bond donors (Lipinski definition) is 3. The summed E-state index contributed by atoms with van der Waals surface area (Å²) in [6.45, 7) is 0.552. The Labute approximate surface area is 198 Å². The lowest BCUT2D eigenvalue weighted by Crippen LogP contribution is -2.36. The van der Waals surface area contributed by atoms with Crippen molar-refractivity contribution in [2.75, 3.05) is 6.54 Å². The molecule has 7 nitrogen and oxygen atoms in total. The molecule has 2 aromatic heterocycles. The van der Waals surface area contributed by atoms with E-state index < -0.39 is 12.1 Å². The van der Waals surface area contributed by atoms with E-state index in [1.807, 2.05) is 24.4 Å². The third-order valence-electron chi connectivity index (χ3n) is 6.13. The van der Waals surface area contributed by atoms with Crippen LogP contribution in [0.3, 0.4) is 0 Å². The number of nitrogens with zero attached hydrogens (tertiary/aromatic N) is 3. The fourth-order valence-electron chi connectivity index (χ4n) is 4.39. The lowest BCUT2D eigenvalue weighted by molar-refractivity contribution is -0.192. The fourth-order valence-corrected chi connectivity index (χ4v) is 4.39. The maximum Gasteiger partial charge on any atom is 0.490 e. The Morgan fingerprint density at radius 2 is 1.89 bits per heavy atom. The highest BCUT2D eigenvalue weighted by Gasteiger charge is 2.39. The number of hydrogen-bond acceptors (Lipinski definition) is 5. The lowest BCUT2D eigenvalue weighted by Gasteiger charge is -2.28. The number of nitriles is 1. The quantitative estimate of drug-likeness (QED) is 0.405. The van der Waals surface area contributed by atoms with Gasteiger partial charge in [0.15, 0.2) is 0 Å². The molecule has 0 saturated heterocycles. The van der Waals surface area contributed by atoms with E-state index in [0.717, 1.165) is 35.1 Å². The zero-order valence-corrected chi connectivity index (χ0v) is 18.3. The molecule has 2 heterocycles. The molecule has 1 atom stereocenters. The summed E-state index contributed by atoms with van der Waals surface area (Å²) in [5.74, 6) is -2.76. The second kappa shape index (κ2) is 9.19. The second-order valence-corrected chi connectivity index (χ2v) is 8.28. The maximum absolute atomic E-state index is 10.6. The molecule has 1 unspecified atom stereocenters. The van der Waals surface area contributed by atoms with E-state index in [-0.39, 0.29) is 5.41 Å². The molecule has 0 radical (unpaired) electrons. The van der Waals surface area contributed by atoms with Crippen molar-refractivity contribution in [3.8, 4) is 17.3 Å². The van der Waals surface area contributed by atoms with Crippen molar-refractivity contribution >= 4 is 17.0 Å². The monoisotopic (exact) mass is 479 g/mol. The van der Waals surface area contributed by atoms with Crippen LogP contribution < -0.4 is 5.73 Å². The van der Waals surface area contributed by atoms with E-state index in [1.165, 1.54) is 16.7 Å². The van der Waals surface area contributed by atoms with E-state index >= 15 is 0 Å². The van der Waals surface area contributed by atoms with Crippen molar-refractivity contribution in [1.29, 1.82) is 5.26 Å². The molecule has 178 valence electrons. The average molecular weight is 479 g/mol. The van der Waals surface area contributed by atoms with Crippen molar-refractivity contribution in [1.82, 2.24) is 15.0 Å². The highest BCUT2D eigenvalue weighted by molar-refractivity contribution is 5.90. The first kappa shape index (κ1) is 23.9. The van der Waals surface area contributed by atoms with E-state index in [4.69, 9.17) is 15.6 Å². The van der Waals surface area contributed by atoms with Gasteiger partial charge in [0.1, 0.15) is 12.0 Å². The van der Waals surface area contributed by atoms with Crippen molar-refractivity contribution in [2.24, 2.45) is 5.73 Å². The molecule has 4 N–H and O–H groups in total. The fraction of sp³-hybridized carbons (Fsp3) is 0.200. The summed E-state index contributed by atoms with van der Waals surface area (Å²) < 4.78 is 31.7. The SMILES string of the molecule is N#Cc1ccc2c(c1)CC(CN)(c1cccc(-c3ncnc4[nH]ccc34)c1)C2.O=C(O)C(F)(F)F. The minimum atomic E-state index is -5.08. The van der Waals surface area contributed by atoms with E-state index in [9.17, 15) is 18.4 Å². The van der Waals surface area contributed by atoms with Gasteiger partial charge >= 0.3 is 12.1 Å². The molecule has 0 spiro atoms. The molecule has 2 aromatic carbocycles. The summed E-state index contributed by atoms with van der Waals surface area (Å²) >= 11 is 0. The molecule has 0 fully saturated rings. The first-order chi connectivity index (χ1) is 16.7. The van der Waals surface area contributed by atoms with Crippen LogP contribution in [0.2, 0.25) is 0 Å². The highest BCUT2D eigenvalue weighted by atomic mass is 19.4. The number of aromatic nitrogens is 3. The second-order valence-electron chi connectivity index (χ2n) is 8.28. The van der Waals surface area contributed by atoms with Crippen LogP contribution in [0, 0.1) is 11.3 Å². The van der Waals surface area contributed by atoms with Crippen molar-refractivity contribution < 1.29 is 23.1 Å². The van der Waals surface area contributed by atoms with Crippen LogP contribution in [0.5, 0.6) is 0 Å². The molecular formula is C25H20F3N5O2. The number of carbonyl (C=O) groups is 1. The molecular weight excluding hydrogens is 459 g/mol. The predicted molar refractivity (Wildman–Crippen MR) is 122 cm³/mol. The Morgan fingerprint density at radius 3 is 2.57 bits per heavy atom. The average Bonchev–Trinajstić information content (AvgIpc) is 3.48. The first-order valence-corrected chi connectivity index (χ1v) is 10.6. The molecule has 10 heteroatoms. The molecule has 35 heavy (non-hydrogen) atoms. The number of aromatic amines is 1. The molecule has 0 saturated carbocycles. The molecule has 1 aliphatic rings. The zero-order chi connectivity index (χ0) is 25.2. The standard InChI is InChI=1S/C23H19N5.C2HF3O2/c24-12-15-4-5-17-10-23(13-25,11-18(17)8-15)19-3-1-2-16(9-19)21-20-6-7-26-22(20)28-14-27-21;3-2(4,5)1(6)7/h1-9,14H,10-11,13,25H2,(H,26,27,28);(H,6,7). The minimum Gasteiger partial charge on any atom is -0.475 e. The van der Waals surface area contributed by atoms with Crippen LogP contribution in [0.1, 0.15) is 22.3 Å². The van der Waals surface area contributed by atoms with Crippen LogP contribution in [-0.4, -0.2) is 38.7 Å². The highest BCUT2D eigenvalue weighted by Crippen LogP contribution is 2.41. The normalized spacial score (nSPS) is 16.8. The van der Waals surface area contributed by atoms with Crippen LogP contribution in [0.4, 0.5) is 13.2 Å². The van der Waals surface area contributed by atoms with E-state index in [0.29, 0.717) is 12.1 Å². The van der Waals surface area contributed by atoms with Gasteiger partial charge in [-0.05, 0) is 53.8 Å². The number of carboxylic acid groups (broad SMARTS) is 1. The van der Waals surface area contributed by atoms with Gasteiger partial charge in [-0.25, -0.2) is 14.8 Å². The van der Waals surface area contributed by atoms with Gasteiger partial charge in [0, 0.05) is 29.1 Å². The van der Waals surface area contributed by atoms with Gasteiger partial charge in [-0.15, -0.1) is 0 Å². The number of nitrogens with two attached hydrogens (primary N) is 1. The van der Waals surface area contributed by atoms with Crippen molar-refractivity contribution in [3.63, 3.8) is 0 Å². The predicted octanol–water partition coefficient (Wildman–Crippen LogP) is 4.13. The van der Waals surface area contributed by atoms with Crippen LogP contribution in [-0.2, 0) is 23.1 Å². The molecule has 0 bridgehead atoms. The Balaban J connectivity index is 0.000000364. The van der Waals surface area contributed by atoms with Gasteiger partial charge in [0.05, 0.1) is 17.3 Å². The summed E-state index contributed by atoms with van der Waals surface area (Å²) in [7, 11) is 0. The maximum atomic E-state index is 10.6. The Morgan fingerprint density at radius 1 is 1.14 bits per heavy atom. The van der Waals surface area contributed by atoms with Crippen LogP contribution >= 0.6 is 0 Å². The number of benzene rings is 2. The van der Waals surface area contributed by atoms with Gasteiger partial charge in [-0.2, -0.15) is 18.4 Å². The summed E-state index contributed by atoms with van der Waals surface area (Å²) in [6, 6.07) is 18.7. The smallest absolute Gasteiger partial charge is 0.475 e. The number of nitrogens with one attached hydrogen (secondary N) is 1. The minimum absolute atomic E-state index is 0.156. The van der Waals surface area contributed by atoms with Gasteiger partial charge in [-0.1, -0.05) is 24.3 Å². The van der Waals surface area contributed by atoms with Gasteiger partial charge in [0.2, 0.25) is 0 Å². The summed E-state index contributed by atoms with van der Waals surface area (Å²) in [5.41, 5.74) is 13.4. The summed E-state index contributed by atoms with van der Waals surface area (Å²) in [4.78, 5) is 20.9. The van der Waals surface area contributed by atoms with Crippen LogP contribution in [0.15, 0.2) is 61.1 Å². The van der Waals surface area contributed by atoms with Crippen molar-refractivity contribution in [2.45, 2.75) is 24.4 Å². The van der Waals surface area contributed by atoms with Gasteiger partial charge < -0.3 is 15.8 Å². The van der Waals surface area contributed by atoms with E-state index in [2.05, 4.69) is 51.4 Å². The Bertz CT molecular complexity index is 1440. The lowest BCUT2D eigenvalue weighted by atomic mass is 9.77. The Kier molecular flexibility index (Phi) is 6.28. The topological polar surface area (TPSA) is 129 Å². The molecule has 5 rings (SSSR count). The molecule has 0 amide bonds. The molecule has 4 aromatic rings. The van der Waals surface area contributed by atoms with E-state index in [1.54, 1.807) is 6.33 Å². The van der Waals surface area contributed by atoms with Gasteiger partial charge in [-0.3, -0.25) is 0 Å².